The first-order valence-corrected chi connectivity index (χ1v) is 6.91. The minimum Gasteiger partial charge on any atom is -0.495 e. The number of piperidine rings is 1. The van der Waals surface area contributed by atoms with Gasteiger partial charge >= 0.3 is 0 Å². The van der Waals surface area contributed by atoms with Gasteiger partial charge in [-0.1, -0.05) is 19.9 Å². The van der Waals surface area contributed by atoms with Crippen molar-refractivity contribution in [2.75, 3.05) is 20.2 Å². The molecule has 0 N–H and O–H groups in total. The van der Waals surface area contributed by atoms with Crippen LogP contribution in [0.2, 0.25) is 0 Å². The lowest BCUT2D eigenvalue weighted by Crippen LogP contribution is -2.38. The second-order valence-electron chi connectivity index (χ2n) is 5.79. The molecule has 1 saturated heterocycles. The number of ether oxygens (including phenoxy) is 1. The highest BCUT2D eigenvalue weighted by molar-refractivity contribution is 5.45. The molecule has 1 heterocycles. The van der Waals surface area contributed by atoms with Gasteiger partial charge in [-0.05, 0) is 36.0 Å². The van der Waals surface area contributed by atoms with Crippen LogP contribution in [0, 0.1) is 23.2 Å². The third-order valence-corrected chi connectivity index (χ3v) is 3.74. The number of hydrogen-bond donors (Lipinski definition) is 0. The molecule has 1 aliphatic rings. The van der Waals surface area contributed by atoms with Gasteiger partial charge in [0.25, 0.3) is 0 Å². The van der Waals surface area contributed by atoms with Crippen molar-refractivity contribution in [2.45, 2.75) is 26.8 Å². The zero-order valence-electron chi connectivity index (χ0n) is 12.0. The third kappa shape index (κ3) is 3.48. The summed E-state index contributed by atoms with van der Waals surface area (Å²) in [7, 11) is 1.62. The molecular formula is C16H22N2O. The summed E-state index contributed by atoms with van der Waals surface area (Å²) in [5.41, 5.74) is 1.82. The molecule has 0 bridgehead atoms. The molecular weight excluding hydrogens is 236 g/mol. The lowest BCUT2D eigenvalue weighted by Gasteiger charge is -2.35. The maximum absolute atomic E-state index is 8.99. The Kier molecular flexibility index (Phi) is 4.44. The molecule has 0 spiro atoms. The molecule has 0 amide bonds. The molecule has 1 fully saturated rings. The molecule has 1 aromatic rings. The maximum Gasteiger partial charge on any atom is 0.136 e. The smallest absolute Gasteiger partial charge is 0.136 e. The fraction of sp³-hybridized carbons (Fsp3) is 0.562. The molecule has 2 rings (SSSR count). The van der Waals surface area contributed by atoms with Crippen LogP contribution < -0.4 is 4.74 Å². The van der Waals surface area contributed by atoms with Gasteiger partial charge in [0.1, 0.15) is 11.8 Å². The summed E-state index contributed by atoms with van der Waals surface area (Å²) < 4.78 is 5.27. The van der Waals surface area contributed by atoms with E-state index in [2.05, 4.69) is 24.8 Å². The van der Waals surface area contributed by atoms with E-state index in [1.54, 1.807) is 7.11 Å². The van der Waals surface area contributed by atoms with E-state index in [1.807, 2.05) is 18.2 Å². The quantitative estimate of drug-likeness (QED) is 0.836. The molecule has 0 aromatic heterocycles. The summed E-state index contributed by atoms with van der Waals surface area (Å²) in [6.07, 6.45) is 1.33. The molecule has 2 atom stereocenters. The van der Waals surface area contributed by atoms with Crippen molar-refractivity contribution in [3.8, 4) is 11.8 Å². The minimum absolute atomic E-state index is 0.603. The van der Waals surface area contributed by atoms with E-state index in [0.717, 1.165) is 31.5 Å². The summed E-state index contributed by atoms with van der Waals surface area (Å²) >= 11 is 0. The molecule has 1 aliphatic heterocycles. The van der Waals surface area contributed by atoms with Crippen molar-refractivity contribution in [2.24, 2.45) is 11.8 Å². The second kappa shape index (κ2) is 6.08. The Morgan fingerprint density at radius 1 is 1.32 bits per heavy atom. The normalized spacial score (nSPS) is 23.9. The number of methoxy groups -OCH3 is 1. The number of benzene rings is 1. The maximum atomic E-state index is 8.99. The Morgan fingerprint density at radius 2 is 2.00 bits per heavy atom. The first-order valence-electron chi connectivity index (χ1n) is 6.91. The Morgan fingerprint density at radius 3 is 2.58 bits per heavy atom. The van der Waals surface area contributed by atoms with Crippen molar-refractivity contribution in [1.82, 2.24) is 4.90 Å². The molecule has 0 radical (unpaired) electrons. The van der Waals surface area contributed by atoms with Crippen LogP contribution >= 0.6 is 0 Å². The van der Waals surface area contributed by atoms with Crippen LogP contribution in [0.5, 0.6) is 5.75 Å². The molecule has 3 heteroatoms. The van der Waals surface area contributed by atoms with E-state index < -0.39 is 0 Å². The fourth-order valence-electron chi connectivity index (χ4n) is 3.11. The number of nitriles is 1. The average Bonchev–Trinajstić information content (AvgIpc) is 2.37. The summed E-state index contributed by atoms with van der Waals surface area (Å²) in [6.45, 7) is 7.90. The Balaban J connectivity index is 2.09. The summed E-state index contributed by atoms with van der Waals surface area (Å²) in [5, 5.41) is 8.99. The van der Waals surface area contributed by atoms with Crippen molar-refractivity contribution in [3.63, 3.8) is 0 Å². The monoisotopic (exact) mass is 258 g/mol. The van der Waals surface area contributed by atoms with Gasteiger partial charge in [0.2, 0.25) is 0 Å². The standard InChI is InChI=1S/C16H22N2O/c1-12-6-13(2)10-18(9-12)11-14-4-5-15(8-17)16(7-14)19-3/h4-5,7,12-13H,6,9-11H2,1-3H3. The van der Waals surface area contributed by atoms with Gasteiger partial charge in [-0.15, -0.1) is 0 Å². The SMILES string of the molecule is COc1cc(CN2CC(C)CC(C)C2)ccc1C#N. The second-order valence-corrected chi connectivity index (χ2v) is 5.79. The highest BCUT2D eigenvalue weighted by Gasteiger charge is 2.21. The predicted octanol–water partition coefficient (Wildman–Crippen LogP) is 3.04. The number of rotatable bonds is 3. The van der Waals surface area contributed by atoms with Crippen LogP contribution in [-0.2, 0) is 6.54 Å². The lowest BCUT2D eigenvalue weighted by molar-refractivity contribution is 0.134. The van der Waals surface area contributed by atoms with Crippen LogP contribution in [-0.4, -0.2) is 25.1 Å². The van der Waals surface area contributed by atoms with Gasteiger partial charge in [0, 0.05) is 19.6 Å². The molecule has 0 saturated carbocycles. The molecule has 1 aromatic carbocycles. The number of likely N-dealkylation sites (tertiary alicyclic amines) is 1. The van der Waals surface area contributed by atoms with E-state index in [1.165, 1.54) is 12.0 Å². The Bertz CT molecular complexity index is 468. The summed E-state index contributed by atoms with van der Waals surface area (Å²) in [4.78, 5) is 2.50. The van der Waals surface area contributed by atoms with E-state index in [4.69, 9.17) is 10.00 Å². The van der Waals surface area contributed by atoms with Crippen LogP contribution in [0.25, 0.3) is 0 Å². The van der Waals surface area contributed by atoms with E-state index in [0.29, 0.717) is 11.3 Å². The third-order valence-electron chi connectivity index (χ3n) is 3.74. The molecule has 0 aliphatic carbocycles. The Labute approximate surface area is 115 Å². The first kappa shape index (κ1) is 13.9. The Hall–Kier alpha value is -1.53. The first-order chi connectivity index (χ1) is 9.12. The number of hydrogen-bond acceptors (Lipinski definition) is 3. The summed E-state index contributed by atoms with van der Waals surface area (Å²) in [6, 6.07) is 8.03. The van der Waals surface area contributed by atoms with Crippen molar-refractivity contribution in [3.05, 3.63) is 29.3 Å². The fourth-order valence-corrected chi connectivity index (χ4v) is 3.11. The largest absolute Gasteiger partial charge is 0.495 e. The van der Waals surface area contributed by atoms with Gasteiger partial charge in [0.05, 0.1) is 12.7 Å². The van der Waals surface area contributed by atoms with Crippen LogP contribution in [0.4, 0.5) is 0 Å². The van der Waals surface area contributed by atoms with Gasteiger partial charge in [-0.2, -0.15) is 5.26 Å². The zero-order valence-corrected chi connectivity index (χ0v) is 12.0. The minimum atomic E-state index is 0.603. The van der Waals surface area contributed by atoms with Crippen molar-refractivity contribution >= 4 is 0 Å². The highest BCUT2D eigenvalue weighted by Crippen LogP contribution is 2.24. The topological polar surface area (TPSA) is 36.3 Å². The van der Waals surface area contributed by atoms with Crippen molar-refractivity contribution < 1.29 is 4.74 Å². The predicted molar refractivity (Wildman–Crippen MR) is 75.9 cm³/mol. The van der Waals surface area contributed by atoms with Crippen LogP contribution in [0.3, 0.4) is 0 Å². The molecule has 19 heavy (non-hydrogen) atoms. The van der Waals surface area contributed by atoms with E-state index in [-0.39, 0.29) is 0 Å². The number of nitrogens with zero attached hydrogens (tertiary/aromatic N) is 2. The van der Waals surface area contributed by atoms with E-state index in [9.17, 15) is 0 Å². The molecule has 2 unspecified atom stereocenters. The van der Waals surface area contributed by atoms with Gasteiger partial charge in [-0.25, -0.2) is 0 Å². The molecule has 102 valence electrons. The molecule has 3 nitrogen and oxygen atoms in total. The van der Waals surface area contributed by atoms with Gasteiger partial charge in [0.15, 0.2) is 0 Å². The van der Waals surface area contributed by atoms with Gasteiger partial charge in [-0.3, -0.25) is 4.90 Å². The van der Waals surface area contributed by atoms with Crippen LogP contribution in [0.15, 0.2) is 18.2 Å². The van der Waals surface area contributed by atoms with Crippen molar-refractivity contribution in [1.29, 1.82) is 5.26 Å². The van der Waals surface area contributed by atoms with Crippen LogP contribution in [0.1, 0.15) is 31.4 Å². The highest BCUT2D eigenvalue weighted by atomic mass is 16.5. The van der Waals surface area contributed by atoms with E-state index >= 15 is 0 Å². The summed E-state index contributed by atoms with van der Waals surface area (Å²) in [5.74, 6) is 2.21. The average molecular weight is 258 g/mol. The van der Waals surface area contributed by atoms with Gasteiger partial charge < -0.3 is 4.74 Å². The zero-order chi connectivity index (χ0) is 13.8. The lowest BCUT2D eigenvalue weighted by atomic mass is 9.91.